The van der Waals surface area contributed by atoms with Crippen molar-refractivity contribution in [3.8, 4) is 0 Å². The zero-order valence-corrected chi connectivity index (χ0v) is 13.0. The van der Waals surface area contributed by atoms with E-state index in [1.165, 1.54) is 16.0 Å². The van der Waals surface area contributed by atoms with E-state index in [-0.39, 0.29) is 5.82 Å². The molecule has 2 aromatic carbocycles. The predicted molar refractivity (Wildman–Crippen MR) is 87.6 cm³/mol. The molecule has 0 radical (unpaired) electrons. The number of fused-ring (bicyclic) bond motifs is 1. The van der Waals surface area contributed by atoms with Crippen molar-refractivity contribution >= 4 is 11.8 Å². The Morgan fingerprint density at radius 2 is 1.95 bits per heavy atom. The topological polar surface area (TPSA) is 12.0 Å². The second-order valence-corrected chi connectivity index (χ2v) is 6.65. The van der Waals surface area contributed by atoms with E-state index in [9.17, 15) is 4.39 Å². The number of thioether (sulfide) groups is 1. The van der Waals surface area contributed by atoms with Crippen LogP contribution in [0, 0.1) is 5.82 Å². The van der Waals surface area contributed by atoms with E-state index in [0.717, 1.165) is 18.7 Å². The van der Waals surface area contributed by atoms with E-state index >= 15 is 0 Å². The lowest BCUT2D eigenvalue weighted by Gasteiger charge is -2.21. The average molecular weight is 301 g/mol. The first kappa shape index (κ1) is 14.6. The fourth-order valence-electron chi connectivity index (χ4n) is 3.09. The van der Waals surface area contributed by atoms with Gasteiger partial charge < -0.3 is 5.32 Å². The Bertz CT molecular complexity index is 596. The number of hydrogen-bond donors (Lipinski definition) is 1. The molecule has 2 aromatic rings. The molecule has 0 fully saturated rings. The van der Waals surface area contributed by atoms with Crippen LogP contribution in [0.4, 0.5) is 4.39 Å². The molecule has 2 atom stereocenters. The van der Waals surface area contributed by atoms with Crippen molar-refractivity contribution in [1.82, 2.24) is 5.32 Å². The summed E-state index contributed by atoms with van der Waals surface area (Å²) >= 11 is 1.95. The van der Waals surface area contributed by atoms with Crippen molar-refractivity contribution in [3.63, 3.8) is 0 Å². The number of rotatable bonds is 5. The van der Waals surface area contributed by atoms with Gasteiger partial charge in [-0.15, -0.1) is 11.8 Å². The van der Waals surface area contributed by atoms with E-state index in [1.54, 1.807) is 12.1 Å². The molecule has 1 heterocycles. The minimum absolute atomic E-state index is 0.163. The predicted octanol–water partition coefficient (Wildman–Crippen LogP) is 4.41. The van der Waals surface area contributed by atoms with Gasteiger partial charge in [-0.3, -0.25) is 0 Å². The molecule has 1 aliphatic heterocycles. The highest BCUT2D eigenvalue weighted by atomic mass is 32.2. The normalized spacial score (nSPS) is 18.5. The van der Waals surface area contributed by atoms with Crippen LogP contribution in [0.5, 0.6) is 0 Å². The first-order chi connectivity index (χ1) is 10.3. The summed E-state index contributed by atoms with van der Waals surface area (Å²) in [6.45, 7) is 0.926. The van der Waals surface area contributed by atoms with Crippen LogP contribution < -0.4 is 5.32 Å². The van der Waals surface area contributed by atoms with Gasteiger partial charge in [0.1, 0.15) is 5.82 Å². The molecule has 21 heavy (non-hydrogen) atoms. The average Bonchev–Trinajstić information content (AvgIpc) is 2.91. The van der Waals surface area contributed by atoms with Gasteiger partial charge in [0.05, 0.1) is 0 Å². The summed E-state index contributed by atoms with van der Waals surface area (Å²) in [6, 6.07) is 15.7. The minimum atomic E-state index is -0.163. The van der Waals surface area contributed by atoms with Crippen LogP contribution in [0.2, 0.25) is 0 Å². The second-order valence-electron chi connectivity index (χ2n) is 5.59. The molecule has 0 amide bonds. The van der Waals surface area contributed by atoms with Crippen LogP contribution in [0.15, 0.2) is 53.4 Å². The highest BCUT2D eigenvalue weighted by molar-refractivity contribution is 7.99. The molecule has 3 heteroatoms. The first-order valence-electron chi connectivity index (χ1n) is 7.39. The van der Waals surface area contributed by atoms with Gasteiger partial charge in [0.2, 0.25) is 0 Å². The SMILES string of the molecule is CNCC(CC1CSc2ccccc21)c1ccc(F)cc1. The fourth-order valence-corrected chi connectivity index (χ4v) is 4.36. The Hall–Kier alpha value is -1.32. The van der Waals surface area contributed by atoms with Crippen molar-refractivity contribution in [2.45, 2.75) is 23.2 Å². The molecule has 3 rings (SSSR count). The maximum absolute atomic E-state index is 13.1. The fraction of sp³-hybridized carbons (Fsp3) is 0.333. The number of likely N-dealkylation sites (N-methyl/N-ethyl adjacent to an activating group) is 1. The molecule has 0 spiro atoms. The number of benzene rings is 2. The van der Waals surface area contributed by atoms with Crippen molar-refractivity contribution in [3.05, 3.63) is 65.5 Å². The summed E-state index contributed by atoms with van der Waals surface area (Å²) in [4.78, 5) is 1.42. The molecule has 0 saturated carbocycles. The molecule has 1 N–H and O–H groups in total. The molecular weight excluding hydrogens is 281 g/mol. The van der Waals surface area contributed by atoms with Crippen LogP contribution in [-0.4, -0.2) is 19.3 Å². The van der Waals surface area contributed by atoms with Crippen LogP contribution in [0.3, 0.4) is 0 Å². The summed E-state index contributed by atoms with van der Waals surface area (Å²) in [5.74, 6) is 2.01. The quantitative estimate of drug-likeness (QED) is 0.878. The zero-order valence-electron chi connectivity index (χ0n) is 12.2. The van der Waals surface area contributed by atoms with E-state index in [0.29, 0.717) is 11.8 Å². The summed E-state index contributed by atoms with van der Waals surface area (Å²) in [6.07, 6.45) is 1.11. The lowest BCUT2D eigenvalue weighted by Crippen LogP contribution is -2.19. The summed E-state index contributed by atoms with van der Waals surface area (Å²) < 4.78 is 13.1. The summed E-state index contributed by atoms with van der Waals surface area (Å²) in [5.41, 5.74) is 2.70. The third-order valence-electron chi connectivity index (χ3n) is 4.16. The van der Waals surface area contributed by atoms with Gasteiger partial charge >= 0.3 is 0 Å². The molecule has 2 unspecified atom stereocenters. The molecule has 0 aliphatic carbocycles. The largest absolute Gasteiger partial charge is 0.319 e. The molecule has 0 saturated heterocycles. The second kappa shape index (κ2) is 6.63. The van der Waals surface area contributed by atoms with Crippen molar-refractivity contribution in [1.29, 1.82) is 0 Å². The molecule has 1 nitrogen and oxygen atoms in total. The smallest absolute Gasteiger partial charge is 0.123 e. The highest BCUT2D eigenvalue weighted by Gasteiger charge is 2.26. The maximum Gasteiger partial charge on any atom is 0.123 e. The minimum Gasteiger partial charge on any atom is -0.319 e. The third-order valence-corrected chi connectivity index (χ3v) is 5.41. The van der Waals surface area contributed by atoms with Crippen LogP contribution in [0.1, 0.15) is 29.4 Å². The first-order valence-corrected chi connectivity index (χ1v) is 8.38. The molecule has 1 aliphatic rings. The van der Waals surface area contributed by atoms with Gasteiger partial charge in [0.15, 0.2) is 0 Å². The van der Waals surface area contributed by atoms with Crippen molar-refractivity contribution in [2.24, 2.45) is 0 Å². The van der Waals surface area contributed by atoms with E-state index in [4.69, 9.17) is 0 Å². The Morgan fingerprint density at radius 1 is 1.19 bits per heavy atom. The number of hydrogen-bond acceptors (Lipinski definition) is 2. The third kappa shape index (κ3) is 3.30. The molecular formula is C18H20FNS. The Morgan fingerprint density at radius 3 is 2.71 bits per heavy atom. The van der Waals surface area contributed by atoms with E-state index in [1.807, 2.05) is 30.9 Å². The number of nitrogens with one attached hydrogen (secondary N) is 1. The Kier molecular flexibility index (Phi) is 4.61. The van der Waals surface area contributed by atoms with Gasteiger partial charge in [-0.2, -0.15) is 0 Å². The van der Waals surface area contributed by atoms with Gasteiger partial charge in [-0.1, -0.05) is 30.3 Å². The van der Waals surface area contributed by atoms with Gasteiger partial charge in [0, 0.05) is 17.2 Å². The van der Waals surface area contributed by atoms with Gasteiger partial charge in [0.25, 0.3) is 0 Å². The van der Waals surface area contributed by atoms with Crippen LogP contribution in [0.25, 0.3) is 0 Å². The van der Waals surface area contributed by atoms with E-state index < -0.39 is 0 Å². The molecule has 0 bridgehead atoms. The van der Waals surface area contributed by atoms with Crippen LogP contribution >= 0.6 is 11.8 Å². The lowest BCUT2D eigenvalue weighted by molar-refractivity contribution is 0.536. The molecule has 0 aromatic heterocycles. The van der Waals surface area contributed by atoms with Crippen molar-refractivity contribution < 1.29 is 4.39 Å². The standard InChI is InChI=1S/C18H20FNS/c1-20-11-14(13-6-8-16(19)9-7-13)10-15-12-21-18-5-3-2-4-17(15)18/h2-9,14-15,20H,10-12H2,1H3. The van der Waals surface area contributed by atoms with E-state index in [2.05, 4.69) is 29.6 Å². The monoisotopic (exact) mass is 301 g/mol. The maximum atomic E-state index is 13.1. The zero-order chi connectivity index (χ0) is 14.7. The molecule has 110 valence electrons. The Balaban J connectivity index is 1.79. The highest BCUT2D eigenvalue weighted by Crippen LogP contribution is 2.43. The van der Waals surface area contributed by atoms with Crippen LogP contribution in [-0.2, 0) is 0 Å². The Labute approximate surface area is 130 Å². The van der Waals surface area contributed by atoms with Crippen molar-refractivity contribution in [2.75, 3.05) is 19.3 Å². The van der Waals surface area contributed by atoms with Gasteiger partial charge in [-0.05, 0) is 54.6 Å². The lowest BCUT2D eigenvalue weighted by atomic mass is 9.86. The number of halogens is 1. The summed E-state index contributed by atoms with van der Waals surface area (Å²) in [5, 5.41) is 3.28. The summed E-state index contributed by atoms with van der Waals surface area (Å²) in [7, 11) is 1.98. The van der Waals surface area contributed by atoms with Gasteiger partial charge in [-0.25, -0.2) is 4.39 Å².